The van der Waals surface area contributed by atoms with E-state index in [4.69, 9.17) is 35.5 Å². The number of piperazine rings is 1. The van der Waals surface area contributed by atoms with Crippen LogP contribution in [-0.4, -0.2) is 101 Å². The number of hydrogen-bond acceptors (Lipinski definition) is 11. The van der Waals surface area contributed by atoms with Crippen LogP contribution in [0.3, 0.4) is 0 Å². The average Bonchev–Trinajstić information content (AvgIpc) is 3.93. The molecule has 0 radical (unpaired) electrons. The van der Waals surface area contributed by atoms with Gasteiger partial charge in [-0.25, -0.2) is 4.98 Å². The smallest absolute Gasteiger partial charge is 0.416 e. The van der Waals surface area contributed by atoms with Gasteiger partial charge in [-0.1, -0.05) is 24.6 Å². The molecular weight excluding hydrogens is 749 g/mol. The summed E-state index contributed by atoms with van der Waals surface area (Å²) in [5, 5.41) is 7.04. The van der Waals surface area contributed by atoms with Gasteiger partial charge in [-0.2, -0.15) is 22.7 Å². The van der Waals surface area contributed by atoms with Crippen LogP contribution in [0, 0.1) is 0 Å². The third kappa shape index (κ3) is 6.65. The van der Waals surface area contributed by atoms with E-state index in [1.165, 1.54) is 11.6 Å². The van der Waals surface area contributed by atoms with Gasteiger partial charge < -0.3 is 34.1 Å². The number of carbonyl (C=O) groups excluding carboxylic acids is 2. The van der Waals surface area contributed by atoms with Crippen LogP contribution in [0.2, 0.25) is 5.02 Å². The zero-order chi connectivity index (χ0) is 38.6. The highest BCUT2D eigenvalue weighted by molar-refractivity contribution is 6.33. The fourth-order valence-electron chi connectivity index (χ4n) is 7.55. The van der Waals surface area contributed by atoms with Crippen LogP contribution >= 0.6 is 11.6 Å². The Morgan fingerprint density at radius 2 is 1.93 bits per heavy atom. The molecule has 0 aliphatic carbocycles. The third-order valence-corrected chi connectivity index (χ3v) is 10.6. The number of nitrogens with one attached hydrogen (secondary N) is 1. The van der Waals surface area contributed by atoms with Gasteiger partial charge >= 0.3 is 6.18 Å². The number of carbonyl (C=O) groups is 2. The molecule has 19 heteroatoms. The molecule has 15 nitrogen and oxygen atoms in total. The number of nitrogens with zero attached hydrogens (tertiary/aromatic N) is 7. The molecule has 0 spiro atoms. The monoisotopic (exact) mass is 784 g/mol. The molecule has 1 saturated heterocycles. The Bertz CT molecular complexity index is 2290. The summed E-state index contributed by atoms with van der Waals surface area (Å²) in [6.07, 6.45) is 0.274. The van der Waals surface area contributed by atoms with Crippen molar-refractivity contribution >= 4 is 46.1 Å². The second-order valence-electron chi connectivity index (χ2n) is 13.7. The second-order valence-corrected chi connectivity index (χ2v) is 14.1. The normalized spacial score (nSPS) is 19.6. The lowest BCUT2D eigenvalue weighted by Gasteiger charge is -2.36. The lowest BCUT2D eigenvalue weighted by Crippen LogP contribution is -2.51. The molecular formula is C36H36ClF3N8O7. The zero-order valence-corrected chi connectivity index (χ0v) is 30.6. The van der Waals surface area contributed by atoms with Crippen LogP contribution in [0.1, 0.15) is 64.9 Å². The molecule has 4 aliphatic rings. The summed E-state index contributed by atoms with van der Waals surface area (Å²) in [6, 6.07) is 1.79. The van der Waals surface area contributed by atoms with Gasteiger partial charge in [0.05, 0.1) is 41.8 Å². The van der Waals surface area contributed by atoms with E-state index in [2.05, 4.69) is 15.4 Å². The maximum Gasteiger partial charge on any atom is 0.416 e. The Kier molecular flexibility index (Phi) is 9.67. The first kappa shape index (κ1) is 36.8. The Morgan fingerprint density at radius 3 is 2.64 bits per heavy atom. The van der Waals surface area contributed by atoms with Crippen molar-refractivity contribution in [3.63, 3.8) is 0 Å². The van der Waals surface area contributed by atoms with Crippen LogP contribution in [0.5, 0.6) is 11.5 Å². The predicted molar refractivity (Wildman–Crippen MR) is 192 cm³/mol. The van der Waals surface area contributed by atoms with Crippen LogP contribution in [0.4, 0.5) is 24.5 Å². The van der Waals surface area contributed by atoms with Crippen molar-refractivity contribution in [3.05, 3.63) is 74.2 Å². The molecule has 0 saturated carbocycles. The molecule has 0 unspecified atom stereocenters. The minimum Gasteiger partial charge on any atom is -0.489 e. The van der Waals surface area contributed by atoms with Gasteiger partial charge in [-0.15, -0.1) is 5.10 Å². The van der Waals surface area contributed by atoms with E-state index < -0.39 is 29.2 Å². The van der Waals surface area contributed by atoms with Crippen molar-refractivity contribution in [2.45, 2.75) is 44.3 Å². The largest absolute Gasteiger partial charge is 0.489 e. The number of methoxy groups -OCH3 is 1. The number of alkyl halides is 3. The van der Waals surface area contributed by atoms with E-state index in [1.54, 1.807) is 15.7 Å². The van der Waals surface area contributed by atoms with Crippen molar-refractivity contribution in [3.8, 4) is 11.5 Å². The lowest BCUT2D eigenvalue weighted by molar-refractivity contribution is -0.137. The molecule has 2 atom stereocenters. The summed E-state index contributed by atoms with van der Waals surface area (Å²) >= 11 is 6.21. The number of aromatic nitrogens is 5. The Balaban J connectivity index is 1.13. The van der Waals surface area contributed by atoms with Crippen molar-refractivity contribution in [1.29, 1.82) is 0 Å². The molecule has 3 aromatic heterocycles. The van der Waals surface area contributed by atoms with Gasteiger partial charge in [0.25, 0.3) is 11.5 Å². The number of rotatable bonds is 8. The Hall–Kier alpha value is -5.20. The highest BCUT2D eigenvalue weighted by atomic mass is 35.5. The number of hydrogen-bond donors (Lipinski definition) is 1. The highest BCUT2D eigenvalue weighted by Gasteiger charge is 2.41. The van der Waals surface area contributed by atoms with Crippen LogP contribution < -0.4 is 25.2 Å². The van der Waals surface area contributed by atoms with E-state index in [9.17, 15) is 27.6 Å². The number of anilines is 2. The van der Waals surface area contributed by atoms with Gasteiger partial charge in [0.15, 0.2) is 29.8 Å². The standard InChI is InChI=1S/C36H36ClF3N8O7/c1-19-15-25(32(49)42-24-4-3-22(16-23(24)37)36(38,39)40)47-27(19)28(34(51)48-35(47)43-31(44-48)20-5-12-53-13-6-20)45-8-10-46(11-9-45)33(50)26-30(55-18-52-2)29-21(17-41-26)7-14-54-29/h3-5,16-17,19,25H,6-15,18H2,1-2H3,(H,42,49)/t19-,25-/m1/s1. The Labute approximate surface area is 316 Å². The quantitative estimate of drug-likeness (QED) is 0.254. The molecule has 4 aromatic rings. The molecule has 1 fully saturated rings. The molecule has 55 heavy (non-hydrogen) atoms. The fraction of sp³-hybridized carbons (Fsp3) is 0.444. The number of benzene rings is 1. The minimum absolute atomic E-state index is 0.00793. The van der Waals surface area contributed by atoms with Gasteiger partial charge in [-0.3, -0.25) is 19.0 Å². The third-order valence-electron chi connectivity index (χ3n) is 10.3. The second kappa shape index (κ2) is 14.5. The Morgan fingerprint density at radius 1 is 1.13 bits per heavy atom. The van der Waals surface area contributed by atoms with Gasteiger partial charge in [0.1, 0.15) is 11.7 Å². The average molecular weight is 785 g/mol. The summed E-state index contributed by atoms with van der Waals surface area (Å²) in [4.78, 5) is 55.1. The van der Waals surface area contributed by atoms with Gasteiger partial charge in [0.2, 0.25) is 11.7 Å². The summed E-state index contributed by atoms with van der Waals surface area (Å²) < 4.78 is 64.9. The fourth-order valence-corrected chi connectivity index (χ4v) is 7.78. The van der Waals surface area contributed by atoms with Crippen LogP contribution in [-0.2, 0) is 26.9 Å². The van der Waals surface area contributed by atoms with Gasteiger partial charge in [0, 0.05) is 57.4 Å². The molecule has 290 valence electrons. The number of pyridine rings is 1. The molecule has 7 heterocycles. The van der Waals surface area contributed by atoms with Crippen molar-refractivity contribution in [1.82, 2.24) is 29.0 Å². The van der Waals surface area contributed by atoms with E-state index in [0.29, 0.717) is 55.6 Å². The first-order valence-corrected chi connectivity index (χ1v) is 18.1. The predicted octanol–water partition coefficient (Wildman–Crippen LogP) is 4.33. The highest BCUT2D eigenvalue weighted by Crippen LogP contribution is 2.43. The summed E-state index contributed by atoms with van der Waals surface area (Å²) in [7, 11) is 1.47. The maximum absolute atomic E-state index is 14.5. The molecule has 2 amide bonds. The number of ether oxygens (including phenoxy) is 4. The van der Waals surface area contributed by atoms with Crippen LogP contribution in [0.15, 0.2) is 35.3 Å². The first-order chi connectivity index (χ1) is 26.4. The van der Waals surface area contributed by atoms with Gasteiger partial charge in [-0.05, 0) is 36.6 Å². The lowest BCUT2D eigenvalue weighted by atomic mass is 10.0. The van der Waals surface area contributed by atoms with E-state index in [-0.39, 0.29) is 79.1 Å². The number of amides is 2. The van der Waals surface area contributed by atoms with E-state index in [0.717, 1.165) is 29.3 Å². The first-order valence-electron chi connectivity index (χ1n) is 17.7. The van der Waals surface area contributed by atoms with E-state index in [1.807, 2.05) is 17.9 Å². The minimum atomic E-state index is -4.61. The molecule has 0 bridgehead atoms. The topological polar surface area (TPSA) is 155 Å². The summed E-state index contributed by atoms with van der Waals surface area (Å²) in [5.74, 6) is -0.0675. The van der Waals surface area contributed by atoms with Crippen molar-refractivity contribution in [2.75, 3.05) is 70.1 Å². The van der Waals surface area contributed by atoms with E-state index >= 15 is 0 Å². The zero-order valence-electron chi connectivity index (χ0n) is 29.8. The summed E-state index contributed by atoms with van der Waals surface area (Å²) in [5.41, 5.74) is 1.24. The van der Waals surface area contributed by atoms with Crippen molar-refractivity contribution in [2.24, 2.45) is 0 Å². The molecule has 4 aliphatic heterocycles. The van der Waals surface area contributed by atoms with Crippen LogP contribution in [0.25, 0.3) is 11.4 Å². The number of halogens is 4. The SMILES string of the molecule is COCOc1c(C(=O)N2CCN(c3c4n(c5nc(C6=CCOCC6)nn5c3=O)[C@@H](C(=O)Nc3ccc(C(F)(F)F)cc3Cl)C[C@H]4C)CC2)ncc2c1OCC2. The molecule has 1 N–H and O–H groups in total. The molecule has 8 rings (SSSR count). The van der Waals surface area contributed by atoms with Crippen molar-refractivity contribution < 1.29 is 41.7 Å². The maximum atomic E-state index is 14.5. The summed E-state index contributed by atoms with van der Waals surface area (Å²) in [6.45, 7) is 4.06. The number of fused-ring (bicyclic) bond motifs is 4. The molecule has 1 aromatic carbocycles.